The van der Waals surface area contributed by atoms with Gasteiger partial charge in [0.15, 0.2) is 11.4 Å². The zero-order chi connectivity index (χ0) is 17.9. The van der Waals surface area contributed by atoms with Crippen molar-refractivity contribution in [2.75, 3.05) is 7.11 Å². The van der Waals surface area contributed by atoms with Crippen molar-refractivity contribution in [2.24, 2.45) is 0 Å². The van der Waals surface area contributed by atoms with Crippen LogP contribution in [0.1, 0.15) is 16.2 Å². The first-order valence-corrected chi connectivity index (χ1v) is 8.71. The first-order valence-electron chi connectivity index (χ1n) is 7.72. The quantitative estimate of drug-likeness (QED) is 0.387. The van der Waals surface area contributed by atoms with Gasteiger partial charge in [0.05, 0.1) is 18.4 Å². The zero-order valence-electron chi connectivity index (χ0n) is 13.7. The SMILES string of the molecule is COC(=O)c1ccc(-c2nc(CSc3nc4ccccc4o3)no2)cc1. The first-order chi connectivity index (χ1) is 12.7. The minimum Gasteiger partial charge on any atom is -0.465 e. The van der Waals surface area contributed by atoms with E-state index in [4.69, 9.17) is 8.94 Å². The summed E-state index contributed by atoms with van der Waals surface area (Å²) in [4.78, 5) is 20.2. The summed E-state index contributed by atoms with van der Waals surface area (Å²) in [5.41, 5.74) is 2.75. The molecule has 8 heteroatoms. The van der Waals surface area contributed by atoms with Gasteiger partial charge in [-0.25, -0.2) is 9.78 Å². The Morgan fingerprint density at radius 1 is 1.12 bits per heavy atom. The number of carbonyl (C=O) groups is 1. The van der Waals surface area contributed by atoms with Crippen LogP contribution < -0.4 is 0 Å². The second kappa shape index (κ2) is 7.01. The highest BCUT2D eigenvalue weighted by atomic mass is 32.2. The summed E-state index contributed by atoms with van der Waals surface area (Å²) in [6, 6.07) is 14.4. The summed E-state index contributed by atoms with van der Waals surface area (Å²) in [6.45, 7) is 0. The number of fused-ring (bicyclic) bond motifs is 1. The number of ether oxygens (including phenoxy) is 1. The fraction of sp³-hybridized carbons (Fsp3) is 0.111. The second-order valence-electron chi connectivity index (χ2n) is 5.32. The van der Waals surface area contributed by atoms with Crippen LogP contribution >= 0.6 is 11.8 Å². The van der Waals surface area contributed by atoms with Crippen molar-refractivity contribution in [3.05, 3.63) is 59.9 Å². The van der Waals surface area contributed by atoms with Crippen LogP contribution in [0.25, 0.3) is 22.6 Å². The lowest BCUT2D eigenvalue weighted by Gasteiger charge is -1.99. The molecule has 4 aromatic rings. The standard InChI is InChI=1S/C18H13N3O4S/c1-23-17(22)12-8-6-11(7-9-12)16-20-15(21-25-16)10-26-18-19-13-4-2-3-5-14(13)24-18/h2-9H,10H2,1H3. The fourth-order valence-electron chi connectivity index (χ4n) is 2.34. The number of benzene rings is 2. The molecule has 0 atom stereocenters. The predicted octanol–water partition coefficient (Wildman–Crippen LogP) is 3.96. The van der Waals surface area contributed by atoms with Crippen molar-refractivity contribution < 1.29 is 18.5 Å². The van der Waals surface area contributed by atoms with E-state index in [9.17, 15) is 4.79 Å². The number of hydrogen-bond donors (Lipinski definition) is 0. The van der Waals surface area contributed by atoms with Crippen molar-refractivity contribution in [1.29, 1.82) is 0 Å². The summed E-state index contributed by atoms with van der Waals surface area (Å²) in [6.07, 6.45) is 0. The van der Waals surface area contributed by atoms with Crippen LogP contribution in [-0.4, -0.2) is 28.2 Å². The Balaban J connectivity index is 1.45. The lowest BCUT2D eigenvalue weighted by molar-refractivity contribution is 0.0600. The second-order valence-corrected chi connectivity index (χ2v) is 6.25. The maximum absolute atomic E-state index is 11.5. The minimum atomic E-state index is -0.391. The largest absolute Gasteiger partial charge is 0.465 e. The van der Waals surface area contributed by atoms with E-state index in [1.54, 1.807) is 24.3 Å². The lowest BCUT2D eigenvalue weighted by atomic mass is 10.1. The number of methoxy groups -OCH3 is 1. The number of thioether (sulfide) groups is 1. The molecule has 0 spiro atoms. The summed E-state index contributed by atoms with van der Waals surface area (Å²) >= 11 is 1.39. The number of rotatable bonds is 5. The maximum atomic E-state index is 11.5. The third-order valence-electron chi connectivity index (χ3n) is 3.62. The molecule has 0 aliphatic rings. The number of esters is 1. The predicted molar refractivity (Wildman–Crippen MR) is 94.6 cm³/mol. The molecule has 2 heterocycles. The molecule has 0 N–H and O–H groups in total. The van der Waals surface area contributed by atoms with E-state index in [1.165, 1.54) is 18.9 Å². The maximum Gasteiger partial charge on any atom is 0.337 e. The minimum absolute atomic E-state index is 0.384. The topological polar surface area (TPSA) is 91.2 Å². The van der Waals surface area contributed by atoms with Crippen molar-refractivity contribution in [1.82, 2.24) is 15.1 Å². The van der Waals surface area contributed by atoms with Gasteiger partial charge in [-0.05, 0) is 36.4 Å². The number of aromatic nitrogens is 3. The molecule has 2 aromatic carbocycles. The Morgan fingerprint density at radius 3 is 2.69 bits per heavy atom. The van der Waals surface area contributed by atoms with Gasteiger partial charge >= 0.3 is 5.97 Å². The van der Waals surface area contributed by atoms with Crippen molar-refractivity contribution in [3.8, 4) is 11.5 Å². The van der Waals surface area contributed by atoms with Crippen molar-refractivity contribution >= 4 is 28.8 Å². The third-order valence-corrected chi connectivity index (χ3v) is 4.44. The molecule has 0 saturated heterocycles. The van der Waals surface area contributed by atoms with E-state index in [2.05, 4.69) is 19.9 Å². The van der Waals surface area contributed by atoms with E-state index in [-0.39, 0.29) is 0 Å². The molecular weight excluding hydrogens is 354 g/mol. The van der Waals surface area contributed by atoms with Crippen LogP contribution in [0, 0.1) is 0 Å². The van der Waals surface area contributed by atoms with Gasteiger partial charge in [0.2, 0.25) is 0 Å². The Kier molecular flexibility index (Phi) is 4.40. The van der Waals surface area contributed by atoms with E-state index < -0.39 is 5.97 Å². The number of nitrogens with zero attached hydrogens (tertiary/aromatic N) is 3. The average Bonchev–Trinajstić information content (AvgIpc) is 3.32. The summed E-state index contributed by atoms with van der Waals surface area (Å²) in [5.74, 6) is 0.993. The highest BCUT2D eigenvalue weighted by Crippen LogP contribution is 2.26. The number of oxazole rings is 1. The molecule has 0 saturated carbocycles. The molecule has 4 rings (SSSR count). The highest BCUT2D eigenvalue weighted by Gasteiger charge is 2.13. The van der Waals surface area contributed by atoms with Gasteiger partial charge in [-0.15, -0.1) is 0 Å². The Hall–Kier alpha value is -3.13. The molecule has 0 aliphatic heterocycles. The summed E-state index contributed by atoms with van der Waals surface area (Å²) in [5, 5.41) is 4.52. The number of hydrogen-bond acceptors (Lipinski definition) is 8. The molecule has 130 valence electrons. The highest BCUT2D eigenvalue weighted by molar-refractivity contribution is 7.98. The van der Waals surface area contributed by atoms with Gasteiger partial charge in [-0.1, -0.05) is 29.1 Å². The van der Waals surface area contributed by atoms with Gasteiger partial charge in [0, 0.05) is 5.56 Å². The molecule has 0 aliphatic carbocycles. The van der Waals surface area contributed by atoms with E-state index in [1.807, 2.05) is 24.3 Å². The Bertz CT molecular complexity index is 1020. The normalized spacial score (nSPS) is 11.0. The van der Waals surface area contributed by atoms with Crippen LogP contribution in [0.15, 0.2) is 62.7 Å². The molecule has 0 radical (unpaired) electrons. The molecule has 2 aromatic heterocycles. The summed E-state index contributed by atoms with van der Waals surface area (Å²) < 4.78 is 15.6. The van der Waals surface area contributed by atoms with Crippen LogP contribution in [0.2, 0.25) is 0 Å². The van der Waals surface area contributed by atoms with Crippen molar-refractivity contribution in [3.63, 3.8) is 0 Å². The molecule has 0 fully saturated rings. The number of carbonyl (C=O) groups excluding carboxylic acids is 1. The van der Waals surface area contributed by atoms with Crippen LogP contribution in [-0.2, 0) is 10.5 Å². The van der Waals surface area contributed by atoms with Crippen LogP contribution in [0.5, 0.6) is 0 Å². The first kappa shape index (κ1) is 16.3. The number of para-hydroxylation sites is 2. The van der Waals surface area contributed by atoms with Gasteiger partial charge in [-0.3, -0.25) is 0 Å². The molecule has 26 heavy (non-hydrogen) atoms. The molecule has 7 nitrogen and oxygen atoms in total. The van der Waals surface area contributed by atoms with Crippen LogP contribution in [0.3, 0.4) is 0 Å². The fourth-order valence-corrected chi connectivity index (χ4v) is 3.02. The molecule has 0 unspecified atom stereocenters. The average molecular weight is 367 g/mol. The van der Waals surface area contributed by atoms with Crippen LogP contribution in [0.4, 0.5) is 0 Å². The van der Waals surface area contributed by atoms with Gasteiger partial charge in [-0.2, -0.15) is 4.98 Å². The van der Waals surface area contributed by atoms with Crippen molar-refractivity contribution in [2.45, 2.75) is 11.0 Å². The van der Waals surface area contributed by atoms with Gasteiger partial charge in [0.25, 0.3) is 11.1 Å². The van der Waals surface area contributed by atoms with Gasteiger partial charge in [0.1, 0.15) is 5.52 Å². The zero-order valence-corrected chi connectivity index (χ0v) is 14.5. The smallest absolute Gasteiger partial charge is 0.337 e. The Morgan fingerprint density at radius 2 is 1.92 bits per heavy atom. The molecular formula is C18H13N3O4S. The van der Waals surface area contributed by atoms with Gasteiger partial charge < -0.3 is 13.7 Å². The molecule has 0 amide bonds. The third kappa shape index (κ3) is 3.31. The van der Waals surface area contributed by atoms with E-state index >= 15 is 0 Å². The summed E-state index contributed by atoms with van der Waals surface area (Å²) in [7, 11) is 1.34. The molecule has 0 bridgehead atoms. The Labute approximate surface area is 152 Å². The van der Waals surface area contributed by atoms with E-state index in [0.29, 0.717) is 28.3 Å². The van der Waals surface area contributed by atoms with E-state index in [0.717, 1.165) is 16.7 Å². The monoisotopic (exact) mass is 367 g/mol. The lowest BCUT2D eigenvalue weighted by Crippen LogP contribution is -2.00.